The van der Waals surface area contributed by atoms with Gasteiger partial charge in [-0.25, -0.2) is 0 Å². The zero-order chi connectivity index (χ0) is 21.4. The maximum absolute atomic E-state index is 5.76. The van der Waals surface area contributed by atoms with E-state index in [0.29, 0.717) is 0 Å². The fourth-order valence-corrected chi connectivity index (χ4v) is 3.96. The number of hydrogen-bond donors (Lipinski definition) is 3. The molecule has 0 aromatic heterocycles. The molecule has 0 aliphatic heterocycles. The maximum Gasteiger partial charge on any atom is -0.000653 e. The Bertz CT molecular complexity index is 293. The second kappa shape index (κ2) is 24.1. The predicted molar refractivity (Wildman–Crippen MR) is 130 cm³/mol. The van der Waals surface area contributed by atoms with Crippen molar-refractivity contribution in [2.24, 2.45) is 17.2 Å². The van der Waals surface area contributed by atoms with Gasteiger partial charge < -0.3 is 27.0 Å². The molecule has 176 valence electrons. The lowest BCUT2D eigenvalue weighted by atomic mass is 10.1. The van der Waals surface area contributed by atoms with Gasteiger partial charge in [-0.3, -0.25) is 0 Å². The molecule has 0 aromatic carbocycles. The Morgan fingerprint density at radius 2 is 0.690 bits per heavy atom. The molecule has 0 aliphatic carbocycles. The molecule has 0 saturated carbocycles. The van der Waals surface area contributed by atoms with Crippen LogP contribution in [0.4, 0.5) is 0 Å². The van der Waals surface area contributed by atoms with Crippen LogP contribution in [0, 0.1) is 0 Å². The van der Waals surface area contributed by atoms with Crippen LogP contribution < -0.4 is 17.2 Å². The van der Waals surface area contributed by atoms with Crippen LogP contribution in [0.1, 0.15) is 96.8 Å². The van der Waals surface area contributed by atoms with Crippen LogP contribution in [0.3, 0.4) is 0 Å². The number of hydrogen-bond acceptors (Lipinski definition) is 5. The topological polar surface area (TPSA) is 84.5 Å². The number of nitrogens with zero attached hydrogens (tertiary/aromatic N) is 2. The van der Waals surface area contributed by atoms with Gasteiger partial charge in [0.15, 0.2) is 0 Å². The molecule has 0 atom stereocenters. The van der Waals surface area contributed by atoms with Crippen LogP contribution in [0.2, 0.25) is 0 Å². The van der Waals surface area contributed by atoms with Crippen LogP contribution in [0.15, 0.2) is 0 Å². The second-order valence-corrected chi connectivity index (χ2v) is 8.65. The van der Waals surface area contributed by atoms with Gasteiger partial charge in [-0.05, 0) is 91.0 Å². The summed E-state index contributed by atoms with van der Waals surface area (Å²) in [6, 6.07) is 0. The summed E-state index contributed by atoms with van der Waals surface area (Å²) in [5.74, 6) is 0. The summed E-state index contributed by atoms with van der Waals surface area (Å²) in [4.78, 5) is 5.18. The Hall–Kier alpha value is -0.200. The third kappa shape index (κ3) is 20.8. The van der Waals surface area contributed by atoms with Gasteiger partial charge in [0.2, 0.25) is 0 Å². The average molecular weight is 414 g/mol. The van der Waals surface area contributed by atoms with Crippen molar-refractivity contribution < 1.29 is 0 Å². The third-order valence-corrected chi connectivity index (χ3v) is 5.81. The molecular weight excluding hydrogens is 358 g/mol. The van der Waals surface area contributed by atoms with Crippen molar-refractivity contribution in [2.45, 2.75) is 96.8 Å². The summed E-state index contributed by atoms with van der Waals surface area (Å²) in [7, 11) is 0. The van der Waals surface area contributed by atoms with E-state index in [2.05, 4.69) is 16.7 Å². The molecule has 0 rings (SSSR count). The first kappa shape index (κ1) is 28.8. The highest BCUT2D eigenvalue weighted by Gasteiger charge is 2.08. The lowest BCUT2D eigenvalue weighted by Crippen LogP contribution is -2.34. The lowest BCUT2D eigenvalue weighted by Gasteiger charge is -2.26. The molecule has 6 N–H and O–H groups in total. The SMILES string of the molecule is CCCCCCCCCCCCN(CCCN)CCCN(CCCN)CCCN. The molecule has 5 nitrogen and oxygen atoms in total. The van der Waals surface area contributed by atoms with Gasteiger partial charge in [-0.1, -0.05) is 64.7 Å². The van der Waals surface area contributed by atoms with Crippen LogP contribution in [-0.2, 0) is 0 Å². The van der Waals surface area contributed by atoms with Crippen molar-refractivity contribution in [2.75, 3.05) is 58.9 Å². The highest BCUT2D eigenvalue weighted by Crippen LogP contribution is 2.11. The monoisotopic (exact) mass is 413 g/mol. The first-order chi connectivity index (χ1) is 14.3. The van der Waals surface area contributed by atoms with Gasteiger partial charge in [-0.2, -0.15) is 0 Å². The molecule has 0 unspecified atom stereocenters. The summed E-state index contributed by atoms with van der Waals surface area (Å²) < 4.78 is 0. The molecule has 0 fully saturated rings. The molecule has 0 radical (unpaired) electrons. The van der Waals surface area contributed by atoms with E-state index in [0.717, 1.165) is 65.1 Å². The number of unbranched alkanes of at least 4 members (excludes halogenated alkanes) is 9. The Labute approximate surface area is 183 Å². The van der Waals surface area contributed by atoms with E-state index >= 15 is 0 Å². The zero-order valence-corrected chi connectivity index (χ0v) is 19.9. The van der Waals surface area contributed by atoms with Gasteiger partial charge in [-0.15, -0.1) is 0 Å². The van der Waals surface area contributed by atoms with E-state index in [4.69, 9.17) is 17.2 Å². The second-order valence-electron chi connectivity index (χ2n) is 8.65. The molecule has 0 aliphatic rings. The van der Waals surface area contributed by atoms with E-state index in [1.165, 1.54) is 83.7 Å². The smallest absolute Gasteiger partial charge is 0.000653 e. The molecule has 0 aromatic rings. The van der Waals surface area contributed by atoms with Crippen LogP contribution in [-0.4, -0.2) is 68.7 Å². The molecule has 0 saturated heterocycles. The highest BCUT2D eigenvalue weighted by molar-refractivity contribution is 4.64. The quantitative estimate of drug-likeness (QED) is 0.209. The van der Waals surface area contributed by atoms with Gasteiger partial charge in [0.1, 0.15) is 0 Å². The first-order valence-electron chi connectivity index (χ1n) is 12.8. The number of nitrogens with two attached hydrogens (primary N) is 3. The zero-order valence-electron chi connectivity index (χ0n) is 19.9. The minimum atomic E-state index is 0.778. The van der Waals surface area contributed by atoms with E-state index in [1.807, 2.05) is 0 Å². The first-order valence-corrected chi connectivity index (χ1v) is 12.8. The van der Waals surface area contributed by atoms with Crippen molar-refractivity contribution in [3.05, 3.63) is 0 Å². The van der Waals surface area contributed by atoms with Gasteiger partial charge in [0.05, 0.1) is 0 Å². The van der Waals surface area contributed by atoms with E-state index in [9.17, 15) is 0 Å². The van der Waals surface area contributed by atoms with Crippen molar-refractivity contribution in [3.63, 3.8) is 0 Å². The minimum Gasteiger partial charge on any atom is -0.330 e. The summed E-state index contributed by atoms with van der Waals surface area (Å²) in [5, 5.41) is 0. The Balaban J connectivity index is 3.88. The summed E-state index contributed by atoms with van der Waals surface area (Å²) in [5.41, 5.74) is 17.1. The minimum absolute atomic E-state index is 0.778. The maximum atomic E-state index is 5.76. The van der Waals surface area contributed by atoms with Gasteiger partial charge >= 0.3 is 0 Å². The third-order valence-electron chi connectivity index (χ3n) is 5.81. The van der Waals surface area contributed by atoms with Crippen molar-refractivity contribution >= 4 is 0 Å². The van der Waals surface area contributed by atoms with Crippen molar-refractivity contribution in [3.8, 4) is 0 Å². The van der Waals surface area contributed by atoms with Crippen LogP contribution in [0.25, 0.3) is 0 Å². The molecule has 0 heterocycles. The fourth-order valence-electron chi connectivity index (χ4n) is 3.96. The van der Waals surface area contributed by atoms with Crippen molar-refractivity contribution in [1.82, 2.24) is 9.80 Å². The highest BCUT2D eigenvalue weighted by atomic mass is 15.1. The van der Waals surface area contributed by atoms with E-state index in [1.54, 1.807) is 0 Å². The van der Waals surface area contributed by atoms with Gasteiger partial charge in [0, 0.05) is 0 Å². The molecule has 0 amide bonds. The Kier molecular flexibility index (Phi) is 23.9. The predicted octanol–water partition coefficient (Wildman–Crippen LogP) is 3.95. The molecule has 0 bridgehead atoms. The van der Waals surface area contributed by atoms with E-state index in [-0.39, 0.29) is 0 Å². The van der Waals surface area contributed by atoms with Crippen LogP contribution >= 0.6 is 0 Å². The lowest BCUT2D eigenvalue weighted by molar-refractivity contribution is 0.220. The molecule has 5 heteroatoms. The standard InChI is InChI=1S/C24H55N5/c1-2-3-4-5-6-7-8-9-10-11-19-28(20-12-16-25)23-15-24-29(21-13-17-26)22-14-18-27/h2-27H2,1H3. The molecule has 29 heavy (non-hydrogen) atoms. The largest absolute Gasteiger partial charge is 0.330 e. The van der Waals surface area contributed by atoms with Gasteiger partial charge in [0.25, 0.3) is 0 Å². The average Bonchev–Trinajstić information content (AvgIpc) is 2.74. The summed E-state index contributed by atoms with van der Waals surface area (Å²) in [6.45, 7) is 11.6. The normalized spacial score (nSPS) is 11.8. The fraction of sp³-hybridized carbons (Fsp3) is 1.00. The number of rotatable bonds is 24. The summed E-state index contributed by atoms with van der Waals surface area (Å²) in [6.07, 6.45) is 18.6. The van der Waals surface area contributed by atoms with E-state index < -0.39 is 0 Å². The Morgan fingerprint density at radius 3 is 1.07 bits per heavy atom. The Morgan fingerprint density at radius 1 is 0.379 bits per heavy atom. The van der Waals surface area contributed by atoms with Crippen molar-refractivity contribution in [1.29, 1.82) is 0 Å². The molecule has 0 spiro atoms. The van der Waals surface area contributed by atoms with Crippen LogP contribution in [0.5, 0.6) is 0 Å². The molecular formula is C24H55N5. The summed E-state index contributed by atoms with van der Waals surface area (Å²) >= 11 is 0.